The van der Waals surface area contributed by atoms with Gasteiger partial charge >= 0.3 is 0 Å². The summed E-state index contributed by atoms with van der Waals surface area (Å²) in [5.41, 5.74) is 1.07. The molecule has 27 heavy (non-hydrogen) atoms. The number of piperidine rings is 2. The summed E-state index contributed by atoms with van der Waals surface area (Å²) in [7, 11) is 0. The van der Waals surface area contributed by atoms with Crippen molar-refractivity contribution in [3.05, 3.63) is 30.1 Å². The van der Waals surface area contributed by atoms with E-state index >= 15 is 0 Å². The minimum absolute atomic E-state index is 0.142. The van der Waals surface area contributed by atoms with Crippen LogP contribution in [0.2, 0.25) is 0 Å². The number of carbonyl (C=O) groups is 1. The maximum absolute atomic E-state index is 12.6. The fourth-order valence-electron chi connectivity index (χ4n) is 4.90. The van der Waals surface area contributed by atoms with E-state index in [0.717, 1.165) is 30.9 Å². The van der Waals surface area contributed by atoms with Gasteiger partial charge in [-0.3, -0.25) is 14.7 Å². The fourth-order valence-corrected chi connectivity index (χ4v) is 4.90. The third kappa shape index (κ3) is 5.08. The van der Waals surface area contributed by atoms with Crippen molar-refractivity contribution in [3.8, 4) is 0 Å². The molecule has 5 nitrogen and oxygen atoms in total. The molecule has 1 aliphatic carbocycles. The topological polar surface area (TPSA) is 48.5 Å². The van der Waals surface area contributed by atoms with Crippen LogP contribution in [0.15, 0.2) is 24.5 Å². The highest BCUT2D eigenvalue weighted by molar-refractivity contribution is 5.78. The van der Waals surface area contributed by atoms with Gasteiger partial charge in [-0.15, -0.1) is 0 Å². The molecule has 1 unspecified atom stereocenters. The van der Waals surface area contributed by atoms with Gasteiger partial charge in [0.15, 0.2) is 0 Å². The van der Waals surface area contributed by atoms with E-state index in [0.29, 0.717) is 12.6 Å². The molecule has 1 atom stereocenters. The summed E-state index contributed by atoms with van der Waals surface area (Å²) in [5.74, 6) is 1.33. The minimum Gasteiger partial charge on any atom is -0.352 e. The number of rotatable bonds is 6. The van der Waals surface area contributed by atoms with E-state index in [1.54, 1.807) is 6.20 Å². The van der Waals surface area contributed by atoms with Gasteiger partial charge in [0.1, 0.15) is 0 Å². The molecular formula is C22H34N4O. The number of carbonyl (C=O) groups excluding carboxylic acids is 1. The zero-order chi connectivity index (χ0) is 18.5. The normalized spacial score (nSPS) is 25.9. The molecule has 148 valence electrons. The predicted octanol–water partition coefficient (Wildman–Crippen LogP) is 2.67. The number of pyridine rings is 1. The third-order valence-electron chi connectivity index (χ3n) is 6.83. The summed E-state index contributed by atoms with van der Waals surface area (Å²) in [6.07, 6.45) is 12.6. The van der Waals surface area contributed by atoms with Gasteiger partial charge in [0, 0.05) is 38.1 Å². The van der Waals surface area contributed by atoms with Crippen LogP contribution >= 0.6 is 0 Å². The molecule has 1 amide bonds. The van der Waals surface area contributed by atoms with Crippen LogP contribution in [-0.4, -0.2) is 59.5 Å². The van der Waals surface area contributed by atoms with Crippen LogP contribution in [0.25, 0.3) is 0 Å². The van der Waals surface area contributed by atoms with Crippen molar-refractivity contribution in [1.29, 1.82) is 0 Å². The van der Waals surface area contributed by atoms with Crippen molar-refractivity contribution >= 4 is 5.91 Å². The van der Waals surface area contributed by atoms with Crippen molar-refractivity contribution in [1.82, 2.24) is 20.1 Å². The summed E-state index contributed by atoms with van der Waals surface area (Å²) >= 11 is 0. The largest absolute Gasteiger partial charge is 0.352 e. The molecule has 3 aliphatic rings. The van der Waals surface area contributed by atoms with Crippen LogP contribution in [-0.2, 0) is 11.3 Å². The Labute approximate surface area is 163 Å². The summed E-state index contributed by atoms with van der Waals surface area (Å²) in [5, 5.41) is 3.12. The minimum atomic E-state index is 0.142. The number of amides is 1. The molecule has 0 aromatic carbocycles. The van der Waals surface area contributed by atoms with E-state index in [1.165, 1.54) is 58.3 Å². The van der Waals surface area contributed by atoms with Gasteiger partial charge in [0.25, 0.3) is 0 Å². The summed E-state index contributed by atoms with van der Waals surface area (Å²) in [6.45, 7) is 6.51. The Kier molecular flexibility index (Phi) is 6.40. The van der Waals surface area contributed by atoms with Crippen LogP contribution in [0.3, 0.4) is 0 Å². The van der Waals surface area contributed by atoms with Crippen LogP contribution in [0.1, 0.15) is 50.5 Å². The molecule has 0 spiro atoms. The number of hydrogen-bond acceptors (Lipinski definition) is 4. The van der Waals surface area contributed by atoms with Gasteiger partial charge in [-0.25, -0.2) is 0 Å². The van der Waals surface area contributed by atoms with Gasteiger partial charge in [0.05, 0.1) is 5.92 Å². The first-order valence-electron chi connectivity index (χ1n) is 10.9. The molecule has 3 heterocycles. The molecule has 1 aromatic rings. The van der Waals surface area contributed by atoms with Crippen molar-refractivity contribution in [2.24, 2.45) is 11.8 Å². The SMILES string of the molecule is O=C(NCc1cccnc1)C1CCCN(C2CCN(CC3CCC3)CC2)C1. The second kappa shape index (κ2) is 9.16. The summed E-state index contributed by atoms with van der Waals surface area (Å²) < 4.78 is 0. The zero-order valence-corrected chi connectivity index (χ0v) is 16.5. The molecule has 3 fully saturated rings. The lowest BCUT2D eigenvalue weighted by atomic mass is 9.84. The molecular weight excluding hydrogens is 336 g/mol. The fraction of sp³-hybridized carbons (Fsp3) is 0.727. The molecule has 1 saturated carbocycles. The van der Waals surface area contributed by atoms with Crippen LogP contribution in [0.4, 0.5) is 0 Å². The van der Waals surface area contributed by atoms with E-state index in [9.17, 15) is 4.79 Å². The molecule has 0 radical (unpaired) electrons. The third-order valence-corrected chi connectivity index (χ3v) is 6.83. The highest BCUT2D eigenvalue weighted by Crippen LogP contribution is 2.29. The number of hydrogen-bond donors (Lipinski definition) is 1. The quantitative estimate of drug-likeness (QED) is 0.836. The van der Waals surface area contributed by atoms with Crippen LogP contribution < -0.4 is 5.32 Å². The highest BCUT2D eigenvalue weighted by atomic mass is 16.1. The van der Waals surface area contributed by atoms with Gasteiger partial charge in [-0.2, -0.15) is 0 Å². The molecule has 1 aromatic heterocycles. The number of nitrogens with zero attached hydrogens (tertiary/aromatic N) is 3. The lowest BCUT2D eigenvalue weighted by Crippen LogP contribution is -2.51. The number of aromatic nitrogens is 1. The average molecular weight is 371 g/mol. The zero-order valence-electron chi connectivity index (χ0n) is 16.5. The molecule has 2 aliphatic heterocycles. The van der Waals surface area contributed by atoms with Gasteiger partial charge in [-0.1, -0.05) is 12.5 Å². The Balaban J connectivity index is 1.21. The standard InChI is InChI=1S/C22H34N4O/c27-22(24-15-19-6-2-10-23-14-19)20-7-3-11-26(17-20)21-8-12-25(13-9-21)16-18-4-1-5-18/h2,6,10,14,18,20-21H,1,3-5,7-9,11-13,15-17H2,(H,24,27). The molecule has 1 N–H and O–H groups in total. The second-order valence-electron chi connectivity index (χ2n) is 8.74. The van der Waals surface area contributed by atoms with Crippen molar-refractivity contribution in [2.75, 3.05) is 32.7 Å². The highest BCUT2D eigenvalue weighted by Gasteiger charge is 2.32. The van der Waals surface area contributed by atoms with Crippen molar-refractivity contribution < 1.29 is 4.79 Å². The monoisotopic (exact) mass is 370 g/mol. The van der Waals surface area contributed by atoms with Gasteiger partial charge in [-0.05, 0) is 75.7 Å². The first-order chi connectivity index (χ1) is 13.3. The summed E-state index contributed by atoms with van der Waals surface area (Å²) in [6, 6.07) is 4.61. The lowest BCUT2D eigenvalue weighted by Gasteiger charge is -2.43. The Morgan fingerprint density at radius 1 is 1.11 bits per heavy atom. The molecule has 0 bridgehead atoms. The van der Waals surface area contributed by atoms with Gasteiger partial charge in [0.2, 0.25) is 5.91 Å². The van der Waals surface area contributed by atoms with E-state index in [4.69, 9.17) is 0 Å². The molecule has 4 rings (SSSR count). The predicted molar refractivity (Wildman–Crippen MR) is 107 cm³/mol. The van der Waals surface area contributed by atoms with E-state index in [-0.39, 0.29) is 11.8 Å². The maximum Gasteiger partial charge on any atom is 0.224 e. The van der Waals surface area contributed by atoms with Crippen molar-refractivity contribution in [2.45, 2.75) is 57.5 Å². The van der Waals surface area contributed by atoms with Crippen LogP contribution in [0.5, 0.6) is 0 Å². The van der Waals surface area contributed by atoms with Crippen molar-refractivity contribution in [3.63, 3.8) is 0 Å². The summed E-state index contributed by atoms with van der Waals surface area (Å²) in [4.78, 5) is 22.1. The van der Waals surface area contributed by atoms with E-state index in [2.05, 4.69) is 20.1 Å². The Bertz CT molecular complexity index is 596. The first-order valence-corrected chi connectivity index (χ1v) is 10.9. The van der Waals surface area contributed by atoms with E-state index in [1.807, 2.05) is 18.3 Å². The molecule has 2 saturated heterocycles. The Morgan fingerprint density at radius 2 is 1.96 bits per heavy atom. The van der Waals surface area contributed by atoms with Crippen LogP contribution in [0, 0.1) is 11.8 Å². The molecule has 5 heteroatoms. The Morgan fingerprint density at radius 3 is 2.67 bits per heavy atom. The Hall–Kier alpha value is -1.46. The average Bonchev–Trinajstić information content (AvgIpc) is 2.70. The number of likely N-dealkylation sites (tertiary alicyclic amines) is 2. The van der Waals surface area contributed by atoms with Gasteiger partial charge < -0.3 is 10.2 Å². The first kappa shape index (κ1) is 18.9. The smallest absolute Gasteiger partial charge is 0.224 e. The maximum atomic E-state index is 12.6. The lowest BCUT2D eigenvalue weighted by molar-refractivity contribution is -0.127. The second-order valence-corrected chi connectivity index (χ2v) is 8.74. The van der Waals surface area contributed by atoms with E-state index < -0.39 is 0 Å². The number of nitrogens with one attached hydrogen (secondary N) is 1.